The summed E-state index contributed by atoms with van der Waals surface area (Å²) in [6.45, 7) is 0.447. The molecule has 0 bridgehead atoms. The normalized spacial score (nSPS) is 12.0. The van der Waals surface area contributed by atoms with Gasteiger partial charge in [0, 0.05) is 24.9 Å². The number of furan rings is 1. The second-order valence-electron chi connectivity index (χ2n) is 9.84. The predicted octanol–water partition coefficient (Wildman–Crippen LogP) is -1.24. The Hall–Kier alpha value is -3.96. The third kappa shape index (κ3) is 10.1. The molecule has 4 aromatic rings. The second-order valence-corrected chi connectivity index (χ2v) is 9.84. The summed E-state index contributed by atoms with van der Waals surface area (Å²) in [5, 5.41) is 30.1. The van der Waals surface area contributed by atoms with Crippen LogP contribution in [0.3, 0.4) is 0 Å². The van der Waals surface area contributed by atoms with Crippen LogP contribution >= 0.6 is 0 Å². The zero-order chi connectivity index (χ0) is 29.9. The van der Waals surface area contributed by atoms with Crippen molar-refractivity contribution in [1.29, 1.82) is 0 Å². The number of carboxylic acid groups (broad SMARTS) is 1. The molecule has 0 fully saturated rings. The molecule has 10 nitrogen and oxygen atoms in total. The van der Waals surface area contributed by atoms with Gasteiger partial charge in [0.1, 0.15) is 17.7 Å². The van der Waals surface area contributed by atoms with Gasteiger partial charge in [-0.1, -0.05) is 72.8 Å². The number of para-hydroxylation sites is 1. The average molecular weight is 594 g/mol. The van der Waals surface area contributed by atoms with E-state index < -0.39 is 35.8 Å². The molecule has 1 aromatic heterocycles. The predicted molar refractivity (Wildman–Crippen MR) is 153 cm³/mol. The van der Waals surface area contributed by atoms with Gasteiger partial charge in [-0.25, -0.2) is 0 Å². The van der Waals surface area contributed by atoms with Crippen molar-refractivity contribution in [3.05, 3.63) is 107 Å². The van der Waals surface area contributed by atoms with Crippen LogP contribution in [-0.4, -0.2) is 54.0 Å². The van der Waals surface area contributed by atoms with Crippen LogP contribution in [0.5, 0.6) is 0 Å². The van der Waals surface area contributed by atoms with Crippen molar-refractivity contribution in [2.45, 2.75) is 37.8 Å². The van der Waals surface area contributed by atoms with E-state index in [0.717, 1.165) is 16.5 Å². The number of carbonyl (C=O) groups is 4. The monoisotopic (exact) mass is 593 g/mol. The van der Waals surface area contributed by atoms with Crippen LogP contribution in [0.4, 0.5) is 0 Å². The number of fused-ring (bicyclic) bond motifs is 1. The second kappa shape index (κ2) is 16.6. The number of aliphatic hydroxyl groups is 1. The van der Waals surface area contributed by atoms with Gasteiger partial charge in [-0.05, 0) is 48.1 Å². The van der Waals surface area contributed by atoms with Crippen LogP contribution in [0.25, 0.3) is 11.0 Å². The Bertz CT molecular complexity index is 1490. The van der Waals surface area contributed by atoms with E-state index in [2.05, 4.69) is 16.0 Å². The largest absolute Gasteiger partial charge is 1.00 e. The first-order valence-electron chi connectivity index (χ1n) is 13.7. The molecule has 0 aliphatic rings. The summed E-state index contributed by atoms with van der Waals surface area (Å²) in [6.07, 6.45) is -0.0138. The first kappa shape index (κ1) is 33.5. The van der Waals surface area contributed by atoms with Gasteiger partial charge in [0.05, 0.1) is 5.97 Å². The fraction of sp³-hybridized carbons (Fsp3) is 0.250. The Morgan fingerprint density at radius 2 is 1.49 bits per heavy atom. The van der Waals surface area contributed by atoms with Gasteiger partial charge >= 0.3 is 29.6 Å². The summed E-state index contributed by atoms with van der Waals surface area (Å²) in [7, 11) is 0. The molecule has 43 heavy (non-hydrogen) atoms. The van der Waals surface area contributed by atoms with Crippen molar-refractivity contribution in [2.75, 3.05) is 13.1 Å². The van der Waals surface area contributed by atoms with E-state index in [9.17, 15) is 29.4 Å². The summed E-state index contributed by atoms with van der Waals surface area (Å²) in [5.41, 5.74) is 2.26. The van der Waals surface area contributed by atoms with Crippen molar-refractivity contribution >= 4 is 34.7 Å². The maximum Gasteiger partial charge on any atom is 1.00 e. The number of benzene rings is 3. The van der Waals surface area contributed by atoms with E-state index in [0.29, 0.717) is 18.4 Å². The van der Waals surface area contributed by atoms with Gasteiger partial charge in [-0.15, -0.1) is 0 Å². The number of rotatable bonds is 14. The fourth-order valence-corrected chi connectivity index (χ4v) is 4.42. The quantitative estimate of drug-likeness (QED) is 0.105. The minimum Gasteiger partial charge on any atom is -0.545 e. The number of carboxylic acids is 1. The minimum atomic E-state index is -1.26. The summed E-state index contributed by atoms with van der Waals surface area (Å²) < 4.78 is 5.63. The molecule has 4 rings (SSSR count). The Morgan fingerprint density at radius 1 is 0.814 bits per heavy atom. The van der Waals surface area contributed by atoms with Crippen LogP contribution in [-0.2, 0) is 22.4 Å². The number of nitrogens with one attached hydrogen (secondary N) is 3. The molecule has 0 radical (unpaired) electrons. The molecule has 218 valence electrons. The van der Waals surface area contributed by atoms with Crippen LogP contribution in [0.2, 0.25) is 0 Å². The minimum absolute atomic E-state index is 0. The Labute approximate surface area is 271 Å². The number of amides is 3. The molecule has 0 aliphatic carbocycles. The smallest absolute Gasteiger partial charge is 0.545 e. The van der Waals surface area contributed by atoms with Gasteiger partial charge in [0.2, 0.25) is 11.8 Å². The van der Waals surface area contributed by atoms with Gasteiger partial charge < -0.3 is 35.4 Å². The Morgan fingerprint density at radius 3 is 2.19 bits per heavy atom. The average Bonchev–Trinajstić information content (AvgIpc) is 3.44. The molecule has 0 aliphatic heterocycles. The van der Waals surface area contributed by atoms with Crippen LogP contribution < -0.4 is 50.6 Å². The Balaban J connectivity index is 0.00000506. The number of aromatic carboxylic acids is 1. The first-order valence-corrected chi connectivity index (χ1v) is 13.7. The zero-order valence-corrected chi connectivity index (χ0v) is 25.9. The number of hydrogen-bond donors (Lipinski definition) is 4. The molecule has 0 saturated heterocycles. The molecule has 3 amide bonds. The maximum absolute atomic E-state index is 13.1. The van der Waals surface area contributed by atoms with E-state index in [1.165, 1.54) is 12.1 Å². The van der Waals surface area contributed by atoms with Crippen molar-refractivity contribution in [3.63, 3.8) is 0 Å². The summed E-state index contributed by atoms with van der Waals surface area (Å²) in [6, 6.07) is 23.2. The SMILES string of the molecule is O=C([O-])c1ccc(CCNC(=O)[C@H](CCCNC(=O)[C@H](O)Cc2ccccc2)NC(=O)c2cc3ccccc3o2)cc1.[Na+]. The van der Waals surface area contributed by atoms with E-state index in [4.69, 9.17) is 4.42 Å². The van der Waals surface area contributed by atoms with Crippen LogP contribution in [0.15, 0.2) is 89.3 Å². The van der Waals surface area contributed by atoms with Crippen molar-refractivity contribution < 1.29 is 63.4 Å². The number of aliphatic hydroxyl groups excluding tert-OH is 1. The molecule has 0 saturated carbocycles. The summed E-state index contributed by atoms with van der Waals surface area (Å²) in [5.74, 6) is -2.68. The molecule has 2 atom stereocenters. The van der Waals surface area contributed by atoms with Crippen molar-refractivity contribution in [1.82, 2.24) is 16.0 Å². The van der Waals surface area contributed by atoms with E-state index >= 15 is 0 Å². The van der Waals surface area contributed by atoms with Crippen LogP contribution in [0, 0.1) is 0 Å². The fourth-order valence-electron chi connectivity index (χ4n) is 4.42. The van der Waals surface area contributed by atoms with E-state index in [1.807, 2.05) is 42.5 Å². The van der Waals surface area contributed by atoms with Gasteiger partial charge in [0.15, 0.2) is 5.76 Å². The third-order valence-electron chi connectivity index (χ3n) is 6.72. The van der Waals surface area contributed by atoms with Crippen molar-refractivity contribution in [2.24, 2.45) is 0 Å². The zero-order valence-electron chi connectivity index (χ0n) is 23.9. The first-order chi connectivity index (χ1) is 20.3. The molecule has 0 unspecified atom stereocenters. The van der Waals surface area contributed by atoms with Crippen LogP contribution in [0.1, 0.15) is 44.9 Å². The standard InChI is InChI=1S/C32H33N3O7.Na/c36-26(19-22-7-2-1-3-8-22)30(38)33-17-6-10-25(35-31(39)28-20-24-9-4-5-11-27(24)42-28)29(37)34-18-16-21-12-14-23(15-13-21)32(40)41;/h1-5,7-9,11-15,20,25-26,36H,6,10,16-19H2,(H,33,38)(H,34,37)(H,35,39)(H,40,41);/q;+1/p-1/t25-,26+;/m0./s1. The van der Waals surface area contributed by atoms with E-state index in [-0.39, 0.29) is 66.8 Å². The number of carbonyl (C=O) groups excluding carboxylic acids is 4. The molecule has 3 aromatic carbocycles. The van der Waals surface area contributed by atoms with Gasteiger partial charge in [-0.3, -0.25) is 14.4 Å². The summed E-state index contributed by atoms with van der Waals surface area (Å²) >= 11 is 0. The molecular weight excluding hydrogens is 561 g/mol. The number of hydrogen-bond acceptors (Lipinski definition) is 7. The molecular formula is C32H32N3NaO7. The topological polar surface area (TPSA) is 161 Å². The maximum atomic E-state index is 13.1. The van der Waals surface area contributed by atoms with Crippen molar-refractivity contribution in [3.8, 4) is 0 Å². The Kier molecular flexibility index (Phi) is 13.0. The molecule has 4 N–H and O–H groups in total. The molecule has 0 spiro atoms. The third-order valence-corrected chi connectivity index (χ3v) is 6.72. The van der Waals surface area contributed by atoms with Gasteiger partial charge in [-0.2, -0.15) is 0 Å². The molecule has 11 heteroatoms. The summed E-state index contributed by atoms with van der Waals surface area (Å²) in [4.78, 5) is 49.3. The van der Waals surface area contributed by atoms with Gasteiger partial charge in [0.25, 0.3) is 5.91 Å². The van der Waals surface area contributed by atoms with E-state index in [1.54, 1.807) is 30.3 Å². The molecule has 1 heterocycles.